The van der Waals surface area contributed by atoms with Gasteiger partial charge >= 0.3 is 0 Å². The predicted octanol–water partition coefficient (Wildman–Crippen LogP) is 3.21. The molecule has 0 amide bonds. The van der Waals surface area contributed by atoms with Gasteiger partial charge < -0.3 is 9.82 Å². The van der Waals surface area contributed by atoms with E-state index in [-0.39, 0.29) is 5.54 Å². The van der Waals surface area contributed by atoms with E-state index in [4.69, 9.17) is 4.84 Å². The van der Waals surface area contributed by atoms with E-state index in [2.05, 4.69) is 47.7 Å². The van der Waals surface area contributed by atoms with E-state index in [1.807, 2.05) is 13.0 Å². The number of hydrogen-bond acceptors (Lipinski definition) is 2. The first kappa shape index (κ1) is 10.4. The smallest absolute Gasteiger partial charge is 0.119 e. The van der Waals surface area contributed by atoms with Crippen LogP contribution in [0.5, 0.6) is 0 Å². The molecule has 0 radical (unpaired) electrons. The first-order chi connectivity index (χ1) is 8.23. The third-order valence-corrected chi connectivity index (χ3v) is 3.41. The lowest BCUT2D eigenvalue weighted by atomic mass is 9.93. The Kier molecular flexibility index (Phi) is 2.23. The van der Waals surface area contributed by atoms with E-state index < -0.39 is 0 Å². The SMILES string of the molecule is CCC1(c2cc3ccccc3[nH]2)C=C(C)ON1. The van der Waals surface area contributed by atoms with Crippen molar-refractivity contribution in [3.8, 4) is 0 Å². The highest BCUT2D eigenvalue weighted by atomic mass is 16.7. The molecule has 0 spiro atoms. The van der Waals surface area contributed by atoms with Gasteiger partial charge in [-0.25, -0.2) is 0 Å². The zero-order chi connectivity index (χ0) is 11.9. The zero-order valence-corrected chi connectivity index (χ0v) is 10.1. The van der Waals surface area contributed by atoms with Crippen molar-refractivity contribution >= 4 is 10.9 Å². The number of aromatic nitrogens is 1. The molecule has 1 aliphatic rings. The summed E-state index contributed by atoms with van der Waals surface area (Å²) >= 11 is 0. The maximum absolute atomic E-state index is 5.40. The number of hydroxylamine groups is 1. The van der Waals surface area contributed by atoms with Gasteiger partial charge in [0.25, 0.3) is 0 Å². The van der Waals surface area contributed by atoms with Crippen LogP contribution >= 0.6 is 0 Å². The summed E-state index contributed by atoms with van der Waals surface area (Å²) in [4.78, 5) is 8.86. The fourth-order valence-corrected chi connectivity index (χ4v) is 2.39. The van der Waals surface area contributed by atoms with Crippen molar-refractivity contribution in [1.29, 1.82) is 0 Å². The molecule has 17 heavy (non-hydrogen) atoms. The molecule has 0 bridgehead atoms. The molecule has 1 atom stereocenters. The number of allylic oxidation sites excluding steroid dienone is 1. The maximum Gasteiger partial charge on any atom is 0.119 e. The van der Waals surface area contributed by atoms with Crippen LogP contribution in [0.3, 0.4) is 0 Å². The van der Waals surface area contributed by atoms with Gasteiger partial charge in [0.05, 0.1) is 0 Å². The van der Waals surface area contributed by atoms with Crippen LogP contribution in [0.25, 0.3) is 10.9 Å². The number of fused-ring (bicyclic) bond motifs is 1. The Morgan fingerprint density at radius 3 is 2.76 bits per heavy atom. The van der Waals surface area contributed by atoms with Crippen molar-refractivity contribution in [3.63, 3.8) is 0 Å². The molecule has 0 saturated heterocycles. The number of benzene rings is 1. The van der Waals surface area contributed by atoms with Crippen LogP contribution in [0.1, 0.15) is 26.0 Å². The van der Waals surface area contributed by atoms with Gasteiger partial charge in [0.2, 0.25) is 0 Å². The van der Waals surface area contributed by atoms with Crippen molar-refractivity contribution in [2.24, 2.45) is 0 Å². The molecule has 3 nitrogen and oxygen atoms in total. The fraction of sp³-hybridized carbons (Fsp3) is 0.286. The highest BCUT2D eigenvalue weighted by Crippen LogP contribution is 2.33. The second-order valence-corrected chi connectivity index (χ2v) is 4.55. The van der Waals surface area contributed by atoms with Crippen molar-refractivity contribution < 1.29 is 4.84 Å². The Morgan fingerprint density at radius 2 is 2.12 bits per heavy atom. The second kappa shape index (κ2) is 3.64. The molecule has 0 saturated carbocycles. The Labute approximate surface area is 100 Å². The summed E-state index contributed by atoms with van der Waals surface area (Å²) in [6, 6.07) is 10.5. The van der Waals surface area contributed by atoms with Crippen LogP contribution in [0.15, 0.2) is 42.2 Å². The van der Waals surface area contributed by atoms with Gasteiger partial charge in [-0.15, -0.1) is 5.48 Å². The van der Waals surface area contributed by atoms with Gasteiger partial charge in [0.15, 0.2) is 0 Å². The average Bonchev–Trinajstić information content (AvgIpc) is 2.93. The van der Waals surface area contributed by atoms with E-state index in [1.165, 1.54) is 5.39 Å². The number of H-pyrrole nitrogens is 1. The van der Waals surface area contributed by atoms with Crippen molar-refractivity contribution in [2.75, 3.05) is 0 Å². The standard InChI is InChI=1S/C14H16N2O/c1-3-14(9-10(2)17-16-14)13-8-11-6-4-5-7-12(11)15-13/h4-9,15-16H,3H2,1-2H3. The summed E-state index contributed by atoms with van der Waals surface area (Å²) in [6.45, 7) is 4.12. The summed E-state index contributed by atoms with van der Waals surface area (Å²) in [5.74, 6) is 0.922. The molecular formula is C14H16N2O. The van der Waals surface area contributed by atoms with Crippen LogP contribution in [0.4, 0.5) is 0 Å². The van der Waals surface area contributed by atoms with Crippen LogP contribution in [0, 0.1) is 0 Å². The zero-order valence-electron chi connectivity index (χ0n) is 10.1. The van der Waals surface area contributed by atoms with E-state index in [1.54, 1.807) is 0 Å². The molecular weight excluding hydrogens is 212 g/mol. The molecule has 2 heterocycles. The van der Waals surface area contributed by atoms with Crippen LogP contribution < -0.4 is 5.48 Å². The Balaban J connectivity index is 2.14. The number of nitrogens with one attached hydrogen (secondary N) is 2. The van der Waals surface area contributed by atoms with E-state index in [0.717, 1.165) is 23.4 Å². The van der Waals surface area contributed by atoms with Gasteiger partial charge in [-0.05, 0) is 36.9 Å². The van der Waals surface area contributed by atoms with Gasteiger partial charge in [-0.3, -0.25) is 0 Å². The summed E-state index contributed by atoms with van der Waals surface area (Å²) in [6.07, 6.45) is 3.08. The lowest BCUT2D eigenvalue weighted by molar-refractivity contribution is 0.0751. The number of rotatable bonds is 2. The average molecular weight is 228 g/mol. The molecule has 1 unspecified atom stereocenters. The minimum absolute atomic E-state index is 0.219. The first-order valence-electron chi connectivity index (χ1n) is 5.95. The van der Waals surface area contributed by atoms with Gasteiger partial charge in [0.1, 0.15) is 11.3 Å². The lowest BCUT2D eigenvalue weighted by Crippen LogP contribution is -2.35. The largest absolute Gasteiger partial charge is 0.413 e. The van der Waals surface area contributed by atoms with Crippen molar-refractivity contribution in [2.45, 2.75) is 25.8 Å². The number of aromatic amines is 1. The highest BCUT2D eigenvalue weighted by Gasteiger charge is 2.35. The Morgan fingerprint density at radius 1 is 1.29 bits per heavy atom. The van der Waals surface area contributed by atoms with Gasteiger partial charge in [-0.2, -0.15) is 0 Å². The minimum atomic E-state index is -0.219. The third kappa shape index (κ3) is 1.54. The van der Waals surface area contributed by atoms with E-state index in [9.17, 15) is 0 Å². The number of para-hydroxylation sites is 1. The summed E-state index contributed by atoms with van der Waals surface area (Å²) in [7, 11) is 0. The molecule has 1 aliphatic heterocycles. The predicted molar refractivity (Wildman–Crippen MR) is 68.2 cm³/mol. The number of hydrogen-bond donors (Lipinski definition) is 2. The van der Waals surface area contributed by atoms with Crippen LogP contribution in [-0.2, 0) is 10.4 Å². The Bertz CT molecular complexity index is 552. The monoisotopic (exact) mass is 228 g/mol. The van der Waals surface area contributed by atoms with Gasteiger partial charge in [-0.1, -0.05) is 25.1 Å². The van der Waals surface area contributed by atoms with Crippen molar-refractivity contribution in [3.05, 3.63) is 47.9 Å². The maximum atomic E-state index is 5.40. The third-order valence-electron chi connectivity index (χ3n) is 3.41. The minimum Gasteiger partial charge on any atom is -0.413 e. The Hall–Kier alpha value is -1.74. The quantitative estimate of drug-likeness (QED) is 0.828. The molecule has 88 valence electrons. The fourth-order valence-electron chi connectivity index (χ4n) is 2.39. The summed E-state index contributed by atoms with van der Waals surface area (Å²) in [5.41, 5.74) is 5.22. The van der Waals surface area contributed by atoms with Crippen molar-refractivity contribution in [1.82, 2.24) is 10.5 Å². The first-order valence-corrected chi connectivity index (χ1v) is 5.95. The molecule has 1 aromatic carbocycles. The highest BCUT2D eigenvalue weighted by molar-refractivity contribution is 5.80. The van der Waals surface area contributed by atoms with Crippen LogP contribution in [0.2, 0.25) is 0 Å². The molecule has 0 fully saturated rings. The van der Waals surface area contributed by atoms with Crippen LogP contribution in [-0.4, -0.2) is 4.98 Å². The molecule has 1 aromatic heterocycles. The summed E-state index contributed by atoms with van der Waals surface area (Å²) < 4.78 is 0. The molecule has 0 aliphatic carbocycles. The second-order valence-electron chi connectivity index (χ2n) is 4.55. The van der Waals surface area contributed by atoms with E-state index in [0.29, 0.717) is 0 Å². The topological polar surface area (TPSA) is 37.0 Å². The van der Waals surface area contributed by atoms with E-state index >= 15 is 0 Å². The molecule has 2 N–H and O–H groups in total. The lowest BCUT2D eigenvalue weighted by Gasteiger charge is -2.22. The summed E-state index contributed by atoms with van der Waals surface area (Å²) in [5, 5.41) is 1.23. The molecule has 3 rings (SSSR count). The molecule has 3 heteroatoms. The normalized spacial score (nSPS) is 23.8. The molecule has 2 aromatic rings. The van der Waals surface area contributed by atoms with Gasteiger partial charge in [0, 0.05) is 11.2 Å².